The zero-order valence-electron chi connectivity index (χ0n) is 16.2. The third-order valence-corrected chi connectivity index (χ3v) is 4.82. The largest absolute Gasteiger partial charge is 0.507 e. The van der Waals surface area contributed by atoms with Gasteiger partial charge in [-0.05, 0) is 30.2 Å². The molecule has 152 valence electrons. The van der Waals surface area contributed by atoms with Crippen molar-refractivity contribution in [2.24, 2.45) is 0 Å². The Morgan fingerprint density at radius 2 is 1.86 bits per heavy atom. The Balaban J connectivity index is 2.16. The van der Waals surface area contributed by atoms with E-state index in [2.05, 4.69) is 0 Å². The van der Waals surface area contributed by atoms with Crippen molar-refractivity contribution in [3.05, 3.63) is 71.0 Å². The van der Waals surface area contributed by atoms with Crippen molar-refractivity contribution in [3.8, 4) is 5.75 Å². The minimum absolute atomic E-state index is 0.0170. The normalized spacial score (nSPS) is 18.3. The van der Waals surface area contributed by atoms with Crippen LogP contribution in [0.1, 0.15) is 23.6 Å². The van der Waals surface area contributed by atoms with Gasteiger partial charge in [0.2, 0.25) is 0 Å². The van der Waals surface area contributed by atoms with Gasteiger partial charge < -0.3 is 19.5 Å². The first kappa shape index (κ1) is 20.5. The molecular weight excluding hydrogens is 377 g/mol. The van der Waals surface area contributed by atoms with Crippen LogP contribution in [0.25, 0.3) is 5.76 Å². The first-order valence-corrected chi connectivity index (χ1v) is 9.15. The van der Waals surface area contributed by atoms with Crippen LogP contribution in [0.4, 0.5) is 4.39 Å². The summed E-state index contributed by atoms with van der Waals surface area (Å²) in [7, 11) is 2.93. The summed E-state index contributed by atoms with van der Waals surface area (Å²) in [6.07, 6.45) is 0.524. The summed E-state index contributed by atoms with van der Waals surface area (Å²) in [5.41, 5.74) is 0.590. The molecule has 0 spiro atoms. The number of ether oxygens (including phenoxy) is 2. The average Bonchev–Trinajstić information content (AvgIpc) is 2.99. The molecule has 3 rings (SSSR count). The Morgan fingerprint density at radius 3 is 2.52 bits per heavy atom. The Morgan fingerprint density at radius 1 is 1.14 bits per heavy atom. The lowest BCUT2D eigenvalue weighted by molar-refractivity contribution is -0.140. The lowest BCUT2D eigenvalue weighted by Crippen LogP contribution is -2.31. The zero-order valence-corrected chi connectivity index (χ0v) is 16.2. The highest BCUT2D eigenvalue weighted by Gasteiger charge is 2.46. The standard InChI is InChI=1S/C22H22FNO5/c1-28-12-6-11-24-19(14-7-4-3-5-8-14)18(21(26)22(24)27)20(25)16-13-15(23)9-10-17(16)29-2/h3-5,7-10,13,19,25H,6,11-12H2,1-2H3/b20-18+. The highest BCUT2D eigenvalue weighted by molar-refractivity contribution is 6.46. The van der Waals surface area contributed by atoms with Gasteiger partial charge in [-0.15, -0.1) is 0 Å². The smallest absolute Gasteiger partial charge is 0.295 e. The second kappa shape index (κ2) is 8.87. The van der Waals surface area contributed by atoms with Crippen LogP contribution in [0.2, 0.25) is 0 Å². The molecule has 1 heterocycles. The number of amides is 1. The van der Waals surface area contributed by atoms with Gasteiger partial charge in [0.05, 0.1) is 24.3 Å². The maximum Gasteiger partial charge on any atom is 0.295 e. The van der Waals surface area contributed by atoms with Crippen LogP contribution >= 0.6 is 0 Å². The molecule has 0 aliphatic carbocycles. The molecular formula is C22H22FNO5. The van der Waals surface area contributed by atoms with Crippen LogP contribution in [0.5, 0.6) is 5.75 Å². The molecule has 0 saturated carbocycles. The average molecular weight is 399 g/mol. The maximum atomic E-state index is 13.8. The molecule has 0 aromatic heterocycles. The van der Waals surface area contributed by atoms with Crippen molar-refractivity contribution in [1.82, 2.24) is 4.90 Å². The minimum atomic E-state index is -0.819. The number of nitrogens with zero attached hydrogens (tertiary/aromatic N) is 1. The van der Waals surface area contributed by atoms with Crippen molar-refractivity contribution in [1.29, 1.82) is 0 Å². The van der Waals surface area contributed by atoms with Crippen molar-refractivity contribution < 1.29 is 28.6 Å². The summed E-state index contributed by atoms with van der Waals surface area (Å²) in [6.45, 7) is 0.692. The minimum Gasteiger partial charge on any atom is -0.507 e. The van der Waals surface area contributed by atoms with Gasteiger partial charge in [-0.2, -0.15) is 0 Å². The Hall–Kier alpha value is -3.19. The van der Waals surface area contributed by atoms with E-state index in [1.165, 1.54) is 24.1 Å². The lowest BCUT2D eigenvalue weighted by atomic mass is 9.95. The number of methoxy groups -OCH3 is 2. The molecule has 6 nitrogen and oxygen atoms in total. The number of aliphatic hydroxyl groups is 1. The second-order valence-corrected chi connectivity index (χ2v) is 6.59. The molecule has 2 aromatic carbocycles. The van der Waals surface area contributed by atoms with Crippen molar-refractivity contribution >= 4 is 17.4 Å². The van der Waals surface area contributed by atoms with Crippen LogP contribution < -0.4 is 4.74 Å². The number of hydrogen-bond donors (Lipinski definition) is 1. The van der Waals surface area contributed by atoms with E-state index in [9.17, 15) is 19.1 Å². The first-order chi connectivity index (χ1) is 14.0. The van der Waals surface area contributed by atoms with Crippen LogP contribution in [-0.2, 0) is 14.3 Å². The van der Waals surface area contributed by atoms with Crippen LogP contribution in [-0.4, -0.2) is 49.1 Å². The number of Topliss-reactive ketones (excluding diaryl/α,β-unsaturated/α-hetero) is 1. The molecule has 1 aliphatic rings. The molecule has 0 radical (unpaired) electrons. The fraction of sp³-hybridized carbons (Fsp3) is 0.273. The Labute approximate surface area is 168 Å². The van der Waals surface area contributed by atoms with E-state index in [4.69, 9.17) is 9.47 Å². The molecule has 1 aliphatic heterocycles. The van der Waals surface area contributed by atoms with Crippen LogP contribution in [0.15, 0.2) is 54.1 Å². The molecule has 1 fully saturated rings. The lowest BCUT2D eigenvalue weighted by Gasteiger charge is -2.25. The van der Waals surface area contributed by atoms with Gasteiger partial charge in [0, 0.05) is 20.3 Å². The van der Waals surface area contributed by atoms with Gasteiger partial charge in [-0.25, -0.2) is 4.39 Å². The number of benzene rings is 2. The molecule has 1 amide bonds. The van der Waals surface area contributed by atoms with Gasteiger partial charge in [0.1, 0.15) is 17.3 Å². The fourth-order valence-corrected chi connectivity index (χ4v) is 3.48. The van der Waals surface area contributed by atoms with E-state index >= 15 is 0 Å². The number of ketones is 1. The number of rotatable bonds is 7. The van der Waals surface area contributed by atoms with E-state index in [1.54, 1.807) is 31.4 Å². The number of likely N-dealkylation sites (tertiary alicyclic amines) is 1. The Bertz CT molecular complexity index is 941. The predicted octanol–water partition coefficient (Wildman–Crippen LogP) is 3.29. The van der Waals surface area contributed by atoms with E-state index < -0.39 is 29.3 Å². The van der Waals surface area contributed by atoms with Gasteiger partial charge in [0.25, 0.3) is 11.7 Å². The number of halogens is 1. The fourth-order valence-electron chi connectivity index (χ4n) is 3.48. The van der Waals surface area contributed by atoms with Gasteiger partial charge in [-0.3, -0.25) is 9.59 Å². The quantitative estimate of drug-likeness (QED) is 0.335. The predicted molar refractivity (Wildman–Crippen MR) is 105 cm³/mol. The summed E-state index contributed by atoms with van der Waals surface area (Å²) in [5.74, 6) is -2.41. The third kappa shape index (κ3) is 4.00. The summed E-state index contributed by atoms with van der Waals surface area (Å²) in [4.78, 5) is 27.0. The van der Waals surface area contributed by atoms with Gasteiger partial charge in [0.15, 0.2) is 0 Å². The molecule has 2 aromatic rings. The van der Waals surface area contributed by atoms with Crippen molar-refractivity contribution in [3.63, 3.8) is 0 Å². The SMILES string of the molecule is COCCCN1C(=O)C(=O)/C(=C(/O)c2cc(F)ccc2OC)C1c1ccccc1. The van der Waals surface area contributed by atoms with Crippen molar-refractivity contribution in [2.75, 3.05) is 27.4 Å². The number of carbonyl (C=O) groups is 2. The number of aliphatic hydroxyl groups excluding tert-OH is 1. The van der Waals surface area contributed by atoms with E-state index in [-0.39, 0.29) is 23.4 Å². The first-order valence-electron chi connectivity index (χ1n) is 9.15. The molecule has 1 unspecified atom stereocenters. The van der Waals surface area contributed by atoms with Crippen molar-refractivity contribution in [2.45, 2.75) is 12.5 Å². The number of hydrogen-bond acceptors (Lipinski definition) is 5. The second-order valence-electron chi connectivity index (χ2n) is 6.59. The molecule has 29 heavy (non-hydrogen) atoms. The maximum absolute atomic E-state index is 13.8. The van der Waals surface area contributed by atoms with E-state index in [0.717, 1.165) is 6.07 Å². The molecule has 1 atom stereocenters. The molecule has 1 saturated heterocycles. The summed E-state index contributed by atoms with van der Waals surface area (Å²) >= 11 is 0. The topological polar surface area (TPSA) is 76.1 Å². The zero-order chi connectivity index (χ0) is 21.0. The summed E-state index contributed by atoms with van der Waals surface area (Å²) in [6, 6.07) is 11.8. The van der Waals surface area contributed by atoms with Crippen LogP contribution in [0, 0.1) is 5.82 Å². The van der Waals surface area contributed by atoms with E-state index in [1.807, 2.05) is 6.07 Å². The summed E-state index contributed by atoms with van der Waals surface area (Å²) in [5, 5.41) is 11.0. The van der Waals surface area contributed by atoms with Crippen LogP contribution in [0.3, 0.4) is 0 Å². The van der Waals surface area contributed by atoms with Gasteiger partial charge in [-0.1, -0.05) is 30.3 Å². The summed E-state index contributed by atoms with van der Waals surface area (Å²) < 4.78 is 24.1. The molecule has 7 heteroatoms. The molecule has 1 N–H and O–H groups in total. The highest BCUT2D eigenvalue weighted by atomic mass is 19.1. The Kier molecular flexibility index (Phi) is 6.29. The highest BCUT2D eigenvalue weighted by Crippen LogP contribution is 2.40. The molecule has 0 bridgehead atoms. The van der Waals surface area contributed by atoms with E-state index in [0.29, 0.717) is 18.6 Å². The number of carbonyl (C=O) groups excluding carboxylic acids is 2. The monoisotopic (exact) mass is 399 g/mol. The van der Waals surface area contributed by atoms with Gasteiger partial charge >= 0.3 is 0 Å². The third-order valence-electron chi connectivity index (χ3n) is 4.82.